The van der Waals surface area contributed by atoms with Crippen LogP contribution in [0.4, 0.5) is 4.39 Å². The molecule has 94 valence electrons. The van der Waals surface area contributed by atoms with Crippen molar-refractivity contribution in [2.45, 2.75) is 12.5 Å². The van der Waals surface area contributed by atoms with Gasteiger partial charge in [0.05, 0.1) is 15.6 Å². The lowest BCUT2D eigenvalue weighted by molar-refractivity contribution is 0.593. The predicted molar refractivity (Wildman–Crippen MR) is 73.5 cm³/mol. The van der Waals surface area contributed by atoms with Gasteiger partial charge < -0.3 is 5.73 Å². The van der Waals surface area contributed by atoms with Crippen LogP contribution in [-0.4, -0.2) is 0 Å². The number of benzene rings is 2. The molecule has 18 heavy (non-hydrogen) atoms. The Labute approximate surface area is 115 Å². The molecular weight excluding hydrogens is 272 g/mol. The number of nitrogens with two attached hydrogens (primary N) is 1. The first-order valence-corrected chi connectivity index (χ1v) is 6.17. The van der Waals surface area contributed by atoms with Crippen LogP contribution in [0.5, 0.6) is 0 Å². The molecule has 2 rings (SSSR count). The molecule has 1 nitrogen and oxygen atoms in total. The van der Waals surface area contributed by atoms with Gasteiger partial charge in [0.2, 0.25) is 0 Å². The third-order valence-electron chi connectivity index (χ3n) is 2.96. The third kappa shape index (κ3) is 2.51. The van der Waals surface area contributed by atoms with E-state index in [1.54, 1.807) is 24.3 Å². The quantitative estimate of drug-likeness (QED) is 0.871. The molecule has 0 saturated carbocycles. The molecule has 0 heterocycles. The fourth-order valence-corrected chi connectivity index (χ4v) is 2.08. The third-order valence-corrected chi connectivity index (χ3v) is 3.70. The monoisotopic (exact) mass is 283 g/mol. The summed E-state index contributed by atoms with van der Waals surface area (Å²) in [4.78, 5) is 0. The minimum Gasteiger partial charge on any atom is -0.318 e. The van der Waals surface area contributed by atoms with E-state index in [1.807, 2.05) is 13.0 Å². The zero-order chi connectivity index (χ0) is 13.3. The molecule has 2 aromatic carbocycles. The second kappa shape index (κ2) is 4.88. The molecule has 0 saturated heterocycles. The smallest absolute Gasteiger partial charge is 0.123 e. The lowest BCUT2D eigenvalue weighted by atomic mass is 9.86. The molecule has 1 unspecified atom stereocenters. The largest absolute Gasteiger partial charge is 0.318 e. The van der Waals surface area contributed by atoms with Crippen molar-refractivity contribution in [1.82, 2.24) is 0 Å². The molecule has 0 aliphatic rings. The van der Waals surface area contributed by atoms with Crippen molar-refractivity contribution < 1.29 is 4.39 Å². The Kier molecular flexibility index (Phi) is 3.62. The summed E-state index contributed by atoms with van der Waals surface area (Å²) in [6, 6.07) is 11.4. The fourth-order valence-electron chi connectivity index (χ4n) is 1.78. The Bertz CT molecular complexity index is 565. The van der Waals surface area contributed by atoms with E-state index in [0.29, 0.717) is 10.0 Å². The maximum Gasteiger partial charge on any atom is 0.123 e. The van der Waals surface area contributed by atoms with Crippen LogP contribution in [0.15, 0.2) is 42.5 Å². The van der Waals surface area contributed by atoms with Crippen LogP contribution in [0, 0.1) is 5.82 Å². The van der Waals surface area contributed by atoms with Crippen molar-refractivity contribution in [1.29, 1.82) is 0 Å². The van der Waals surface area contributed by atoms with E-state index in [0.717, 1.165) is 11.1 Å². The Morgan fingerprint density at radius 3 is 2.06 bits per heavy atom. The highest BCUT2D eigenvalue weighted by atomic mass is 35.5. The number of hydrogen-bond donors (Lipinski definition) is 1. The molecule has 0 spiro atoms. The molecule has 4 heteroatoms. The average molecular weight is 284 g/mol. The second-order valence-corrected chi connectivity index (χ2v) is 5.15. The van der Waals surface area contributed by atoms with Crippen LogP contribution in [0.25, 0.3) is 0 Å². The van der Waals surface area contributed by atoms with Gasteiger partial charge in [-0.25, -0.2) is 4.39 Å². The molecule has 1 atom stereocenters. The lowest BCUT2D eigenvalue weighted by Gasteiger charge is -2.26. The van der Waals surface area contributed by atoms with Crippen LogP contribution in [0.2, 0.25) is 10.0 Å². The summed E-state index contributed by atoms with van der Waals surface area (Å²) in [6.45, 7) is 1.85. The topological polar surface area (TPSA) is 26.0 Å². The van der Waals surface area contributed by atoms with Gasteiger partial charge in [-0.3, -0.25) is 0 Å². The average Bonchev–Trinajstić information content (AvgIpc) is 2.33. The number of rotatable bonds is 2. The molecule has 0 aliphatic carbocycles. The van der Waals surface area contributed by atoms with Crippen LogP contribution < -0.4 is 5.73 Å². The van der Waals surface area contributed by atoms with E-state index in [4.69, 9.17) is 28.9 Å². The SMILES string of the molecule is CC(N)(c1ccc(F)cc1)c1ccc(Cl)c(Cl)c1. The zero-order valence-corrected chi connectivity index (χ0v) is 11.3. The van der Waals surface area contributed by atoms with E-state index < -0.39 is 5.54 Å². The molecule has 2 N–H and O–H groups in total. The van der Waals surface area contributed by atoms with E-state index in [1.165, 1.54) is 12.1 Å². The van der Waals surface area contributed by atoms with Crippen molar-refractivity contribution in [2.75, 3.05) is 0 Å². The van der Waals surface area contributed by atoms with Gasteiger partial charge in [0, 0.05) is 0 Å². The van der Waals surface area contributed by atoms with E-state index in [-0.39, 0.29) is 5.82 Å². The zero-order valence-electron chi connectivity index (χ0n) is 9.75. The molecule has 0 bridgehead atoms. The first-order chi connectivity index (χ1) is 8.41. The van der Waals surface area contributed by atoms with Gasteiger partial charge in [-0.2, -0.15) is 0 Å². The van der Waals surface area contributed by atoms with E-state index in [2.05, 4.69) is 0 Å². The Morgan fingerprint density at radius 1 is 0.944 bits per heavy atom. The summed E-state index contributed by atoms with van der Waals surface area (Å²) < 4.78 is 12.9. The normalized spacial score (nSPS) is 14.3. The van der Waals surface area contributed by atoms with Crippen molar-refractivity contribution in [3.63, 3.8) is 0 Å². The maximum atomic E-state index is 12.9. The van der Waals surface area contributed by atoms with Gasteiger partial charge in [-0.05, 0) is 42.3 Å². The lowest BCUT2D eigenvalue weighted by Crippen LogP contribution is -2.34. The van der Waals surface area contributed by atoms with Gasteiger partial charge in [0.25, 0.3) is 0 Å². The number of hydrogen-bond acceptors (Lipinski definition) is 1. The van der Waals surface area contributed by atoms with Gasteiger partial charge in [-0.1, -0.05) is 41.4 Å². The summed E-state index contributed by atoms with van der Waals surface area (Å²) in [6.07, 6.45) is 0. The van der Waals surface area contributed by atoms with Gasteiger partial charge in [-0.15, -0.1) is 0 Å². The van der Waals surface area contributed by atoms with Gasteiger partial charge in [0.15, 0.2) is 0 Å². The highest BCUT2D eigenvalue weighted by Crippen LogP contribution is 2.31. The summed E-state index contributed by atoms with van der Waals surface area (Å²) >= 11 is 11.9. The van der Waals surface area contributed by atoms with Crippen LogP contribution in [0.3, 0.4) is 0 Å². The number of halogens is 3. The molecule has 0 aromatic heterocycles. The summed E-state index contributed by atoms with van der Waals surface area (Å²) in [5.41, 5.74) is 7.19. The van der Waals surface area contributed by atoms with E-state index >= 15 is 0 Å². The van der Waals surface area contributed by atoms with Crippen LogP contribution >= 0.6 is 23.2 Å². The van der Waals surface area contributed by atoms with Crippen molar-refractivity contribution in [3.8, 4) is 0 Å². The Morgan fingerprint density at radius 2 is 1.50 bits per heavy atom. The maximum absolute atomic E-state index is 12.9. The molecular formula is C14H12Cl2FN. The van der Waals surface area contributed by atoms with Crippen LogP contribution in [0.1, 0.15) is 18.1 Å². The molecule has 2 aromatic rings. The van der Waals surface area contributed by atoms with Crippen molar-refractivity contribution in [2.24, 2.45) is 5.73 Å². The van der Waals surface area contributed by atoms with Crippen molar-refractivity contribution in [3.05, 3.63) is 69.5 Å². The summed E-state index contributed by atoms with van der Waals surface area (Å²) in [7, 11) is 0. The summed E-state index contributed by atoms with van der Waals surface area (Å²) in [5.74, 6) is -0.288. The minimum absolute atomic E-state index is 0.288. The highest BCUT2D eigenvalue weighted by molar-refractivity contribution is 6.42. The first-order valence-electron chi connectivity index (χ1n) is 5.42. The Balaban J connectivity index is 2.46. The van der Waals surface area contributed by atoms with Gasteiger partial charge >= 0.3 is 0 Å². The first kappa shape index (κ1) is 13.3. The highest BCUT2D eigenvalue weighted by Gasteiger charge is 2.24. The molecule has 0 fully saturated rings. The predicted octanol–water partition coefficient (Wildman–Crippen LogP) is 4.35. The fraction of sp³-hybridized carbons (Fsp3) is 0.143. The van der Waals surface area contributed by atoms with E-state index in [9.17, 15) is 4.39 Å². The molecule has 0 amide bonds. The van der Waals surface area contributed by atoms with Crippen molar-refractivity contribution >= 4 is 23.2 Å². The summed E-state index contributed by atoms with van der Waals surface area (Å²) in [5, 5.41) is 0.934. The Hall–Kier alpha value is -1.09. The second-order valence-electron chi connectivity index (χ2n) is 4.34. The minimum atomic E-state index is -0.748. The molecule has 0 radical (unpaired) electrons. The van der Waals surface area contributed by atoms with Gasteiger partial charge in [0.1, 0.15) is 5.82 Å². The standard InChI is InChI=1S/C14H12Cl2FN/c1-14(18,9-2-5-11(17)6-3-9)10-4-7-12(15)13(16)8-10/h2-8H,18H2,1H3. The molecule has 0 aliphatic heterocycles. The van der Waals surface area contributed by atoms with Crippen LogP contribution in [-0.2, 0) is 5.54 Å².